The van der Waals surface area contributed by atoms with Gasteiger partial charge in [0.15, 0.2) is 11.5 Å². The molecule has 1 aliphatic heterocycles. The third-order valence-corrected chi connectivity index (χ3v) is 4.10. The molecule has 1 heterocycles. The molecule has 1 unspecified atom stereocenters. The second-order valence-electron chi connectivity index (χ2n) is 5.40. The molecule has 0 fully saturated rings. The van der Waals surface area contributed by atoms with E-state index in [2.05, 4.69) is 59.3 Å². The quantitative estimate of drug-likeness (QED) is 0.891. The van der Waals surface area contributed by atoms with E-state index in [4.69, 9.17) is 9.47 Å². The van der Waals surface area contributed by atoms with Crippen molar-refractivity contribution in [3.63, 3.8) is 0 Å². The van der Waals surface area contributed by atoms with Gasteiger partial charge in [-0.3, -0.25) is 0 Å². The molecule has 0 aliphatic carbocycles. The zero-order valence-electron chi connectivity index (χ0n) is 12.4. The molecule has 1 aliphatic rings. The van der Waals surface area contributed by atoms with E-state index in [1.54, 1.807) is 0 Å². The summed E-state index contributed by atoms with van der Waals surface area (Å²) in [7, 11) is 4.19. The van der Waals surface area contributed by atoms with E-state index in [0.29, 0.717) is 19.3 Å². The van der Waals surface area contributed by atoms with Crippen LogP contribution in [0.5, 0.6) is 11.5 Å². The highest BCUT2D eigenvalue weighted by atomic mass is 79.9. The summed E-state index contributed by atoms with van der Waals surface area (Å²) in [6.07, 6.45) is 0.926. The van der Waals surface area contributed by atoms with Gasteiger partial charge >= 0.3 is 0 Å². The number of nitrogens with one attached hydrogen (secondary N) is 1. The fourth-order valence-electron chi connectivity index (χ4n) is 1.99. The summed E-state index contributed by atoms with van der Waals surface area (Å²) in [5, 5.41) is 3.47. The molecule has 0 amide bonds. The molecule has 0 bridgehead atoms. The monoisotopic (exact) mass is 342 g/mol. The molecule has 1 aromatic carbocycles. The van der Waals surface area contributed by atoms with Gasteiger partial charge in [0.2, 0.25) is 0 Å². The number of nitrogens with zero attached hydrogens (tertiary/aromatic N) is 1. The van der Waals surface area contributed by atoms with Crippen LogP contribution in [0.15, 0.2) is 16.6 Å². The highest BCUT2D eigenvalue weighted by molar-refractivity contribution is 9.10. The summed E-state index contributed by atoms with van der Waals surface area (Å²) in [6, 6.07) is 4.68. The number of ether oxygens (including phenoxy) is 2. The summed E-state index contributed by atoms with van der Waals surface area (Å²) < 4.78 is 12.4. The lowest BCUT2D eigenvalue weighted by Gasteiger charge is -2.20. The number of hydrogen-bond acceptors (Lipinski definition) is 4. The number of hydrogen-bond donors (Lipinski definition) is 1. The average Bonchev–Trinajstić information content (AvgIpc) is 2.64. The first kappa shape index (κ1) is 15.6. The van der Waals surface area contributed by atoms with Gasteiger partial charge in [0, 0.05) is 25.6 Å². The van der Waals surface area contributed by atoms with Crippen LogP contribution in [-0.2, 0) is 6.54 Å². The van der Waals surface area contributed by atoms with Crippen molar-refractivity contribution in [2.24, 2.45) is 0 Å². The number of rotatable bonds is 5. The van der Waals surface area contributed by atoms with Gasteiger partial charge in [-0.1, -0.05) is 0 Å². The van der Waals surface area contributed by atoms with E-state index in [-0.39, 0.29) is 0 Å². The molecule has 0 aromatic heterocycles. The number of halogens is 1. The van der Waals surface area contributed by atoms with Crippen LogP contribution >= 0.6 is 15.9 Å². The second-order valence-corrected chi connectivity index (χ2v) is 6.25. The predicted octanol–water partition coefficient (Wildman–Crippen LogP) is 2.65. The maximum absolute atomic E-state index is 5.74. The highest BCUT2D eigenvalue weighted by Gasteiger charge is 2.15. The van der Waals surface area contributed by atoms with Crippen molar-refractivity contribution in [1.82, 2.24) is 10.2 Å². The van der Waals surface area contributed by atoms with Crippen LogP contribution in [0.25, 0.3) is 0 Å². The molecule has 4 nitrogen and oxygen atoms in total. The normalized spacial score (nSPS) is 16.1. The van der Waals surface area contributed by atoms with Crippen LogP contribution in [0.3, 0.4) is 0 Å². The first-order valence-corrected chi connectivity index (χ1v) is 7.82. The lowest BCUT2D eigenvalue weighted by atomic mass is 10.2. The smallest absolute Gasteiger partial charge is 0.175 e. The summed E-state index contributed by atoms with van der Waals surface area (Å²) in [4.78, 5) is 2.21. The van der Waals surface area contributed by atoms with Crippen molar-refractivity contribution in [1.29, 1.82) is 0 Å². The van der Waals surface area contributed by atoms with Gasteiger partial charge in [-0.2, -0.15) is 0 Å². The van der Waals surface area contributed by atoms with Crippen LogP contribution in [0.4, 0.5) is 0 Å². The lowest BCUT2D eigenvalue weighted by Crippen LogP contribution is -2.35. The highest BCUT2D eigenvalue weighted by Crippen LogP contribution is 2.38. The molecular weight excluding hydrogens is 320 g/mol. The zero-order valence-corrected chi connectivity index (χ0v) is 14.0. The fourth-order valence-corrected chi connectivity index (χ4v) is 2.60. The standard InChI is InChI=1S/C15H23BrN2O2/c1-11(18(2)3)9-17-10-12-7-13(16)15-14(8-12)19-5-4-6-20-15/h7-8,11,17H,4-6,9-10H2,1-3H3. The topological polar surface area (TPSA) is 33.7 Å². The van der Waals surface area contributed by atoms with E-state index >= 15 is 0 Å². The Morgan fingerprint density at radius 1 is 1.30 bits per heavy atom. The van der Waals surface area contributed by atoms with Crippen molar-refractivity contribution < 1.29 is 9.47 Å². The Bertz CT molecular complexity index is 452. The molecule has 20 heavy (non-hydrogen) atoms. The second kappa shape index (κ2) is 7.29. The van der Waals surface area contributed by atoms with Gasteiger partial charge in [-0.05, 0) is 54.6 Å². The van der Waals surface area contributed by atoms with Crippen LogP contribution in [-0.4, -0.2) is 44.8 Å². The molecule has 0 saturated carbocycles. The average molecular weight is 343 g/mol. The predicted molar refractivity (Wildman–Crippen MR) is 84.6 cm³/mol. The zero-order chi connectivity index (χ0) is 14.5. The molecular formula is C15H23BrN2O2. The first-order chi connectivity index (χ1) is 9.58. The third kappa shape index (κ3) is 4.11. The Morgan fingerprint density at radius 2 is 2.05 bits per heavy atom. The van der Waals surface area contributed by atoms with Crippen LogP contribution in [0, 0.1) is 0 Å². The number of likely N-dealkylation sites (N-methyl/N-ethyl adjacent to an activating group) is 1. The maximum atomic E-state index is 5.74. The van der Waals surface area contributed by atoms with Crippen LogP contribution in [0.2, 0.25) is 0 Å². The molecule has 0 saturated heterocycles. The Kier molecular flexibility index (Phi) is 5.69. The molecule has 1 aromatic rings. The number of fused-ring (bicyclic) bond motifs is 1. The van der Waals surface area contributed by atoms with Gasteiger partial charge in [-0.15, -0.1) is 0 Å². The minimum Gasteiger partial charge on any atom is -0.490 e. The molecule has 1 atom stereocenters. The summed E-state index contributed by atoms with van der Waals surface area (Å²) >= 11 is 3.57. The van der Waals surface area contributed by atoms with Gasteiger partial charge in [0.1, 0.15) is 0 Å². The van der Waals surface area contributed by atoms with Crippen molar-refractivity contribution in [3.05, 3.63) is 22.2 Å². The Labute approximate surface area is 129 Å². The van der Waals surface area contributed by atoms with Crippen molar-refractivity contribution in [3.8, 4) is 11.5 Å². The lowest BCUT2D eigenvalue weighted by molar-refractivity contribution is 0.296. The van der Waals surface area contributed by atoms with E-state index in [1.165, 1.54) is 5.56 Å². The molecule has 112 valence electrons. The van der Waals surface area contributed by atoms with E-state index < -0.39 is 0 Å². The van der Waals surface area contributed by atoms with Crippen LogP contribution < -0.4 is 14.8 Å². The fraction of sp³-hybridized carbons (Fsp3) is 0.600. The van der Waals surface area contributed by atoms with Gasteiger partial charge < -0.3 is 19.7 Å². The molecule has 0 spiro atoms. The number of benzene rings is 1. The van der Waals surface area contributed by atoms with Gasteiger partial charge in [0.05, 0.1) is 17.7 Å². The Balaban J connectivity index is 1.99. The molecule has 1 N–H and O–H groups in total. The largest absolute Gasteiger partial charge is 0.490 e. The summed E-state index contributed by atoms with van der Waals surface area (Å²) in [6.45, 7) is 5.42. The summed E-state index contributed by atoms with van der Waals surface area (Å²) in [5.74, 6) is 1.67. The Morgan fingerprint density at radius 3 is 2.80 bits per heavy atom. The Hall–Kier alpha value is -0.780. The van der Waals surface area contributed by atoms with Crippen LogP contribution in [0.1, 0.15) is 18.9 Å². The van der Waals surface area contributed by atoms with Crippen molar-refractivity contribution >= 4 is 15.9 Å². The van der Waals surface area contributed by atoms with Gasteiger partial charge in [0.25, 0.3) is 0 Å². The van der Waals surface area contributed by atoms with Crippen molar-refractivity contribution in [2.45, 2.75) is 25.9 Å². The van der Waals surface area contributed by atoms with E-state index in [1.807, 2.05) is 0 Å². The van der Waals surface area contributed by atoms with E-state index in [0.717, 1.165) is 35.5 Å². The molecule has 0 radical (unpaired) electrons. The van der Waals surface area contributed by atoms with E-state index in [9.17, 15) is 0 Å². The summed E-state index contributed by atoms with van der Waals surface area (Å²) in [5.41, 5.74) is 1.20. The third-order valence-electron chi connectivity index (χ3n) is 3.51. The van der Waals surface area contributed by atoms with Crippen molar-refractivity contribution in [2.75, 3.05) is 33.9 Å². The minimum atomic E-state index is 0.513. The first-order valence-electron chi connectivity index (χ1n) is 7.03. The molecule has 2 rings (SSSR count). The molecule has 5 heteroatoms. The SMILES string of the molecule is CC(CNCc1cc(Br)c2c(c1)OCCCO2)N(C)C. The maximum Gasteiger partial charge on any atom is 0.175 e. The minimum absolute atomic E-state index is 0.513. The van der Waals surface area contributed by atoms with Gasteiger partial charge in [-0.25, -0.2) is 0 Å².